The molecule has 0 aliphatic carbocycles. The van der Waals surface area contributed by atoms with Crippen LogP contribution in [-0.2, 0) is 0 Å². The molecule has 0 saturated heterocycles. The van der Waals surface area contributed by atoms with Gasteiger partial charge in [0.2, 0.25) is 0 Å². The normalized spacial score (nSPS) is 10.7. The van der Waals surface area contributed by atoms with Crippen LogP contribution in [0.3, 0.4) is 0 Å². The van der Waals surface area contributed by atoms with Crippen LogP contribution in [-0.4, -0.2) is 19.9 Å². The first-order valence-corrected chi connectivity index (χ1v) is 5.54. The number of nitrogen functional groups attached to an aromatic ring is 1. The van der Waals surface area contributed by atoms with Crippen LogP contribution in [0.4, 0.5) is 5.82 Å². The van der Waals surface area contributed by atoms with Crippen LogP contribution in [0.5, 0.6) is 0 Å². The summed E-state index contributed by atoms with van der Waals surface area (Å²) in [5.41, 5.74) is 9.74. The fourth-order valence-corrected chi connectivity index (χ4v) is 1.80. The quantitative estimate of drug-likeness (QED) is 0.700. The molecule has 2 heterocycles. The van der Waals surface area contributed by atoms with Crippen LogP contribution in [0, 0.1) is 6.92 Å². The van der Waals surface area contributed by atoms with Gasteiger partial charge in [0.1, 0.15) is 11.8 Å². The molecule has 0 aliphatic heterocycles. The Bertz CT molecular complexity index is 723. The molecule has 0 atom stereocenters. The van der Waals surface area contributed by atoms with Gasteiger partial charge in [-0.2, -0.15) is 0 Å². The first-order valence-electron chi connectivity index (χ1n) is 5.54. The summed E-state index contributed by atoms with van der Waals surface area (Å²) in [6.45, 7) is 2.04. The predicted molar refractivity (Wildman–Crippen MR) is 69.7 cm³/mol. The summed E-state index contributed by atoms with van der Waals surface area (Å²) in [5.74, 6) is 0.350. The Morgan fingerprint density at radius 2 is 2.00 bits per heavy atom. The van der Waals surface area contributed by atoms with E-state index in [4.69, 9.17) is 5.73 Å². The third kappa shape index (κ3) is 1.75. The van der Waals surface area contributed by atoms with E-state index >= 15 is 0 Å². The number of benzene rings is 1. The Kier molecular flexibility index (Phi) is 2.37. The predicted octanol–water partition coefficient (Wildman–Crippen LogP) is 1.98. The number of hydrogen-bond acceptors (Lipinski definition) is 5. The van der Waals surface area contributed by atoms with Crippen molar-refractivity contribution in [1.29, 1.82) is 0 Å². The molecule has 0 bridgehead atoms. The molecule has 1 aromatic carbocycles. The van der Waals surface area contributed by atoms with Crippen LogP contribution in [0.25, 0.3) is 22.4 Å². The molecule has 0 unspecified atom stereocenters. The van der Waals surface area contributed by atoms with Gasteiger partial charge in [-0.15, -0.1) is 0 Å². The van der Waals surface area contributed by atoms with Crippen LogP contribution in [0.1, 0.15) is 5.56 Å². The van der Waals surface area contributed by atoms with Crippen molar-refractivity contribution < 1.29 is 0 Å². The Morgan fingerprint density at radius 3 is 2.83 bits per heavy atom. The third-order valence-electron chi connectivity index (χ3n) is 2.69. The highest BCUT2D eigenvalue weighted by molar-refractivity contribution is 5.81. The van der Waals surface area contributed by atoms with Crippen molar-refractivity contribution in [2.75, 3.05) is 5.73 Å². The second kappa shape index (κ2) is 4.03. The molecular formula is C13H11N5. The van der Waals surface area contributed by atoms with Crippen molar-refractivity contribution in [3.63, 3.8) is 0 Å². The van der Waals surface area contributed by atoms with Crippen molar-refractivity contribution in [3.8, 4) is 11.3 Å². The lowest BCUT2D eigenvalue weighted by Crippen LogP contribution is -1.98. The van der Waals surface area contributed by atoms with Crippen molar-refractivity contribution in [2.24, 2.45) is 0 Å². The molecule has 0 radical (unpaired) electrons. The zero-order chi connectivity index (χ0) is 12.5. The van der Waals surface area contributed by atoms with Crippen LogP contribution in [0.2, 0.25) is 0 Å². The lowest BCUT2D eigenvalue weighted by Gasteiger charge is -2.03. The summed E-state index contributed by atoms with van der Waals surface area (Å²) < 4.78 is 0. The third-order valence-corrected chi connectivity index (χ3v) is 2.69. The van der Waals surface area contributed by atoms with Crippen molar-refractivity contribution in [3.05, 3.63) is 42.4 Å². The Balaban J connectivity index is 2.20. The molecule has 0 spiro atoms. The molecule has 5 nitrogen and oxygen atoms in total. The second-order valence-electron chi connectivity index (χ2n) is 4.06. The first kappa shape index (κ1) is 10.6. The summed E-state index contributed by atoms with van der Waals surface area (Å²) in [4.78, 5) is 16.7. The Labute approximate surface area is 104 Å². The lowest BCUT2D eigenvalue weighted by molar-refractivity contribution is 1.15. The Morgan fingerprint density at radius 1 is 1.11 bits per heavy atom. The second-order valence-corrected chi connectivity index (χ2v) is 4.06. The van der Waals surface area contributed by atoms with Gasteiger partial charge in [-0.05, 0) is 13.0 Å². The van der Waals surface area contributed by atoms with E-state index in [0.29, 0.717) is 17.0 Å². The van der Waals surface area contributed by atoms with E-state index in [2.05, 4.69) is 26.0 Å². The van der Waals surface area contributed by atoms with Gasteiger partial charge >= 0.3 is 0 Å². The number of aryl methyl sites for hydroxylation is 1. The minimum absolute atomic E-state index is 0.350. The SMILES string of the molecule is Cc1cccc(-c2cnc3c(N)ncnc3n2)c1. The van der Waals surface area contributed by atoms with Crippen LogP contribution >= 0.6 is 0 Å². The highest BCUT2D eigenvalue weighted by Gasteiger charge is 2.06. The largest absolute Gasteiger partial charge is 0.382 e. The molecule has 0 amide bonds. The number of anilines is 1. The zero-order valence-electron chi connectivity index (χ0n) is 9.83. The molecule has 0 saturated carbocycles. The van der Waals surface area contributed by atoms with Crippen LogP contribution < -0.4 is 5.73 Å². The molecule has 2 aromatic heterocycles. The fourth-order valence-electron chi connectivity index (χ4n) is 1.80. The van der Waals surface area contributed by atoms with Gasteiger partial charge in [-0.1, -0.05) is 23.8 Å². The summed E-state index contributed by atoms with van der Waals surface area (Å²) in [7, 11) is 0. The minimum Gasteiger partial charge on any atom is -0.382 e. The average Bonchev–Trinajstić information content (AvgIpc) is 2.39. The molecule has 0 aliphatic rings. The molecule has 2 N–H and O–H groups in total. The standard InChI is InChI=1S/C13H11N5/c1-8-3-2-4-9(5-8)10-6-15-11-12(14)16-7-17-13(11)18-10/h2-7H,1H3,(H2,14,16,17,18). The molecule has 88 valence electrons. The summed E-state index contributed by atoms with van der Waals surface area (Å²) in [5, 5.41) is 0. The van der Waals surface area contributed by atoms with Gasteiger partial charge in [0.15, 0.2) is 11.5 Å². The van der Waals surface area contributed by atoms with E-state index < -0.39 is 0 Å². The smallest absolute Gasteiger partial charge is 0.184 e. The van der Waals surface area contributed by atoms with Gasteiger partial charge in [0.25, 0.3) is 0 Å². The summed E-state index contributed by atoms with van der Waals surface area (Å²) in [6, 6.07) is 8.08. The molecule has 3 aromatic rings. The maximum absolute atomic E-state index is 5.72. The molecule has 5 heteroatoms. The molecule has 0 fully saturated rings. The van der Waals surface area contributed by atoms with E-state index in [9.17, 15) is 0 Å². The highest BCUT2D eigenvalue weighted by Crippen LogP contribution is 2.20. The van der Waals surface area contributed by atoms with Gasteiger partial charge in [-0.25, -0.2) is 19.9 Å². The summed E-state index contributed by atoms with van der Waals surface area (Å²) >= 11 is 0. The van der Waals surface area contributed by atoms with Gasteiger partial charge in [-0.3, -0.25) is 0 Å². The van der Waals surface area contributed by atoms with E-state index in [0.717, 1.165) is 11.3 Å². The number of aromatic nitrogens is 4. The number of nitrogens with two attached hydrogens (primary N) is 1. The topological polar surface area (TPSA) is 77.6 Å². The number of fused-ring (bicyclic) bond motifs is 1. The summed E-state index contributed by atoms with van der Waals surface area (Å²) in [6.07, 6.45) is 3.09. The Hall–Kier alpha value is -2.56. The molecule has 18 heavy (non-hydrogen) atoms. The monoisotopic (exact) mass is 237 g/mol. The number of rotatable bonds is 1. The van der Waals surface area contributed by atoms with Gasteiger partial charge < -0.3 is 5.73 Å². The van der Waals surface area contributed by atoms with E-state index in [-0.39, 0.29) is 0 Å². The van der Waals surface area contributed by atoms with E-state index in [1.807, 2.05) is 25.1 Å². The first-order chi connectivity index (χ1) is 8.74. The maximum atomic E-state index is 5.72. The maximum Gasteiger partial charge on any atom is 0.184 e. The minimum atomic E-state index is 0.350. The average molecular weight is 237 g/mol. The zero-order valence-corrected chi connectivity index (χ0v) is 9.83. The van der Waals surface area contributed by atoms with Crippen molar-refractivity contribution in [1.82, 2.24) is 19.9 Å². The highest BCUT2D eigenvalue weighted by atomic mass is 15.0. The molecular weight excluding hydrogens is 226 g/mol. The van der Waals surface area contributed by atoms with Crippen molar-refractivity contribution >= 4 is 17.0 Å². The van der Waals surface area contributed by atoms with Gasteiger partial charge in [0.05, 0.1) is 11.9 Å². The molecule has 3 rings (SSSR count). The van der Waals surface area contributed by atoms with Gasteiger partial charge in [0, 0.05) is 5.56 Å². The lowest BCUT2D eigenvalue weighted by atomic mass is 10.1. The number of nitrogens with zero attached hydrogens (tertiary/aromatic N) is 4. The van der Waals surface area contributed by atoms with Crippen molar-refractivity contribution in [2.45, 2.75) is 6.92 Å². The van der Waals surface area contributed by atoms with E-state index in [1.54, 1.807) is 6.20 Å². The fraction of sp³-hybridized carbons (Fsp3) is 0.0769. The van der Waals surface area contributed by atoms with Crippen LogP contribution in [0.15, 0.2) is 36.8 Å². The van der Waals surface area contributed by atoms with E-state index in [1.165, 1.54) is 11.9 Å². The number of hydrogen-bond donors (Lipinski definition) is 1.